The Balaban J connectivity index is 2.03. The lowest BCUT2D eigenvalue weighted by molar-refractivity contribution is 0.0754. The third-order valence-electron chi connectivity index (χ3n) is 3.86. The molecule has 1 heterocycles. The molecule has 0 amide bonds. The summed E-state index contributed by atoms with van der Waals surface area (Å²) in [5, 5.41) is 0. The lowest BCUT2D eigenvalue weighted by Crippen LogP contribution is -2.30. The van der Waals surface area contributed by atoms with Gasteiger partial charge in [-0.15, -0.1) is 0 Å². The first-order chi connectivity index (χ1) is 10.5. The van der Waals surface area contributed by atoms with Gasteiger partial charge in [-0.25, -0.2) is 8.42 Å². The van der Waals surface area contributed by atoms with Gasteiger partial charge in [0.2, 0.25) is 0 Å². The summed E-state index contributed by atoms with van der Waals surface area (Å²) in [5.74, 6) is 0. The van der Waals surface area contributed by atoms with Crippen LogP contribution in [-0.2, 0) is 14.8 Å². The summed E-state index contributed by atoms with van der Waals surface area (Å²) < 4.78 is 33.0. The van der Waals surface area contributed by atoms with Gasteiger partial charge in [-0.2, -0.15) is 0 Å². The van der Waals surface area contributed by atoms with Gasteiger partial charge in [0.25, 0.3) is 10.0 Å². The molecule has 0 radical (unpaired) electrons. The number of nitrogens with zero attached hydrogens (tertiary/aromatic N) is 1. The van der Waals surface area contributed by atoms with Crippen LogP contribution in [0.4, 0.5) is 5.69 Å². The number of para-hydroxylation sites is 1. The Bertz CT molecular complexity index is 769. The van der Waals surface area contributed by atoms with Crippen molar-refractivity contribution in [3.63, 3.8) is 0 Å². The highest BCUT2D eigenvalue weighted by molar-refractivity contribution is 7.92. The molecule has 2 aromatic carbocycles. The van der Waals surface area contributed by atoms with E-state index in [0.717, 1.165) is 11.1 Å². The average Bonchev–Trinajstić information content (AvgIpc) is 2.88. The summed E-state index contributed by atoms with van der Waals surface area (Å²) in [4.78, 5) is 0.310. The highest BCUT2D eigenvalue weighted by Crippen LogP contribution is 2.39. The van der Waals surface area contributed by atoms with Crippen molar-refractivity contribution in [1.29, 1.82) is 0 Å². The molecule has 1 unspecified atom stereocenters. The number of anilines is 1. The second-order valence-electron chi connectivity index (χ2n) is 5.35. The molecular weight excluding hydrogens is 298 g/mol. The van der Waals surface area contributed by atoms with Crippen LogP contribution in [0, 0.1) is 6.92 Å². The van der Waals surface area contributed by atoms with E-state index in [9.17, 15) is 8.42 Å². The Morgan fingerprint density at radius 2 is 1.82 bits per heavy atom. The van der Waals surface area contributed by atoms with Crippen LogP contribution in [0.1, 0.15) is 24.2 Å². The van der Waals surface area contributed by atoms with Crippen LogP contribution in [0.15, 0.2) is 53.4 Å². The van der Waals surface area contributed by atoms with E-state index in [1.54, 1.807) is 12.1 Å². The molecule has 1 aliphatic rings. The zero-order valence-electron chi connectivity index (χ0n) is 12.7. The highest BCUT2D eigenvalue weighted by Gasteiger charge is 2.36. The van der Waals surface area contributed by atoms with Crippen molar-refractivity contribution in [1.82, 2.24) is 0 Å². The van der Waals surface area contributed by atoms with Crippen molar-refractivity contribution in [3.05, 3.63) is 59.7 Å². The molecule has 116 valence electrons. The van der Waals surface area contributed by atoms with E-state index in [4.69, 9.17) is 4.74 Å². The summed E-state index contributed by atoms with van der Waals surface area (Å²) in [5.41, 5.74) is 2.68. The molecule has 0 fully saturated rings. The Labute approximate surface area is 131 Å². The van der Waals surface area contributed by atoms with Crippen molar-refractivity contribution in [3.8, 4) is 0 Å². The van der Waals surface area contributed by atoms with Crippen molar-refractivity contribution >= 4 is 15.7 Å². The van der Waals surface area contributed by atoms with Gasteiger partial charge in [-0.1, -0.05) is 35.9 Å². The molecule has 0 saturated carbocycles. The molecule has 3 rings (SSSR count). The van der Waals surface area contributed by atoms with Gasteiger partial charge in [0.1, 0.15) is 6.10 Å². The first-order valence-corrected chi connectivity index (χ1v) is 8.78. The minimum Gasteiger partial charge on any atom is -0.372 e. The zero-order chi connectivity index (χ0) is 15.7. The van der Waals surface area contributed by atoms with Gasteiger partial charge >= 0.3 is 0 Å². The van der Waals surface area contributed by atoms with Crippen LogP contribution in [0.3, 0.4) is 0 Å². The van der Waals surface area contributed by atoms with E-state index in [0.29, 0.717) is 23.7 Å². The molecule has 4 nitrogen and oxygen atoms in total. The van der Waals surface area contributed by atoms with Crippen LogP contribution in [0.2, 0.25) is 0 Å². The summed E-state index contributed by atoms with van der Waals surface area (Å²) >= 11 is 0. The van der Waals surface area contributed by atoms with Gasteiger partial charge in [-0.05, 0) is 32.0 Å². The average molecular weight is 317 g/mol. The summed E-state index contributed by atoms with van der Waals surface area (Å²) in [6, 6.07) is 14.5. The molecule has 0 aliphatic carbocycles. The van der Waals surface area contributed by atoms with E-state index in [1.165, 1.54) is 4.31 Å². The fraction of sp³-hybridized carbons (Fsp3) is 0.294. The van der Waals surface area contributed by atoms with Gasteiger partial charge in [0.05, 0.1) is 17.1 Å². The lowest BCUT2D eigenvalue weighted by Gasteiger charge is -2.20. The van der Waals surface area contributed by atoms with E-state index >= 15 is 0 Å². The maximum Gasteiger partial charge on any atom is 0.264 e. The molecule has 1 atom stereocenters. The summed E-state index contributed by atoms with van der Waals surface area (Å²) in [6.45, 7) is 4.73. The molecular formula is C17H19NO3S. The number of ether oxygens (including phenoxy) is 1. The van der Waals surface area contributed by atoms with Crippen molar-refractivity contribution < 1.29 is 13.2 Å². The first-order valence-electron chi connectivity index (χ1n) is 7.34. The molecule has 22 heavy (non-hydrogen) atoms. The fourth-order valence-corrected chi connectivity index (χ4v) is 4.23. The summed E-state index contributed by atoms with van der Waals surface area (Å²) in [6.07, 6.45) is -0.207. The molecule has 0 saturated heterocycles. The molecule has 0 spiro atoms. The first kappa shape index (κ1) is 15.1. The van der Waals surface area contributed by atoms with Crippen LogP contribution in [-0.4, -0.2) is 21.6 Å². The van der Waals surface area contributed by atoms with Crippen LogP contribution >= 0.6 is 0 Å². The number of aryl methyl sites for hydroxylation is 1. The Morgan fingerprint density at radius 1 is 1.14 bits per heavy atom. The largest absolute Gasteiger partial charge is 0.372 e. The quantitative estimate of drug-likeness (QED) is 0.869. The van der Waals surface area contributed by atoms with E-state index in [-0.39, 0.29) is 6.10 Å². The Kier molecular flexibility index (Phi) is 3.93. The van der Waals surface area contributed by atoms with Gasteiger partial charge < -0.3 is 4.74 Å². The Hall–Kier alpha value is -1.85. The van der Waals surface area contributed by atoms with Gasteiger partial charge in [0, 0.05) is 12.2 Å². The van der Waals surface area contributed by atoms with Crippen LogP contribution in [0.25, 0.3) is 0 Å². The van der Waals surface area contributed by atoms with Crippen molar-refractivity contribution in [2.24, 2.45) is 0 Å². The smallest absolute Gasteiger partial charge is 0.264 e. The van der Waals surface area contributed by atoms with E-state index in [1.807, 2.05) is 50.2 Å². The summed E-state index contributed by atoms with van der Waals surface area (Å²) in [7, 11) is -3.57. The number of rotatable bonds is 4. The molecule has 0 N–H and O–H groups in total. The number of hydrogen-bond donors (Lipinski definition) is 0. The molecule has 5 heteroatoms. The third kappa shape index (κ3) is 2.51. The van der Waals surface area contributed by atoms with E-state index < -0.39 is 10.0 Å². The van der Waals surface area contributed by atoms with Gasteiger partial charge in [-0.3, -0.25) is 4.31 Å². The van der Waals surface area contributed by atoms with E-state index in [2.05, 4.69) is 0 Å². The van der Waals surface area contributed by atoms with Crippen molar-refractivity contribution in [2.75, 3.05) is 17.5 Å². The second kappa shape index (κ2) is 5.74. The SMILES string of the molecule is CCOC1CN(S(=O)(=O)c2ccc(C)cc2)c2ccccc21. The number of benzene rings is 2. The molecule has 1 aliphatic heterocycles. The predicted octanol–water partition coefficient (Wildman–Crippen LogP) is 3.28. The maximum absolute atomic E-state index is 12.9. The highest BCUT2D eigenvalue weighted by atomic mass is 32.2. The molecule has 0 aromatic heterocycles. The minimum absolute atomic E-state index is 0.207. The normalized spacial score (nSPS) is 17.5. The monoisotopic (exact) mass is 317 g/mol. The number of fused-ring (bicyclic) bond motifs is 1. The maximum atomic E-state index is 12.9. The fourth-order valence-electron chi connectivity index (χ4n) is 2.74. The zero-order valence-corrected chi connectivity index (χ0v) is 13.5. The van der Waals surface area contributed by atoms with Crippen LogP contribution < -0.4 is 4.31 Å². The number of sulfonamides is 1. The minimum atomic E-state index is -3.57. The standard InChI is InChI=1S/C17H19NO3S/c1-3-21-17-12-18(16-7-5-4-6-15(16)17)22(19,20)14-10-8-13(2)9-11-14/h4-11,17H,3,12H2,1-2H3. The lowest BCUT2D eigenvalue weighted by atomic mass is 10.1. The topological polar surface area (TPSA) is 46.6 Å². The Morgan fingerprint density at radius 3 is 2.50 bits per heavy atom. The predicted molar refractivity (Wildman–Crippen MR) is 86.5 cm³/mol. The van der Waals surface area contributed by atoms with Crippen LogP contribution in [0.5, 0.6) is 0 Å². The third-order valence-corrected chi connectivity index (χ3v) is 5.65. The van der Waals surface area contributed by atoms with Gasteiger partial charge in [0.15, 0.2) is 0 Å². The second-order valence-corrected chi connectivity index (χ2v) is 7.21. The molecule has 0 bridgehead atoms. The van der Waals surface area contributed by atoms with Crippen molar-refractivity contribution in [2.45, 2.75) is 24.8 Å². The molecule has 2 aromatic rings. The number of hydrogen-bond acceptors (Lipinski definition) is 3.